The van der Waals surface area contributed by atoms with Crippen molar-refractivity contribution in [2.24, 2.45) is 0 Å². The first-order chi connectivity index (χ1) is 7.77. The van der Waals surface area contributed by atoms with Gasteiger partial charge in [-0.1, -0.05) is 43.7 Å². The van der Waals surface area contributed by atoms with Crippen LogP contribution in [0.3, 0.4) is 0 Å². The summed E-state index contributed by atoms with van der Waals surface area (Å²) in [4.78, 5) is 2.40. The largest absolute Gasteiger partial charge is 0.312 e. The molecule has 0 bridgehead atoms. The first-order valence-corrected chi connectivity index (χ1v) is 6.18. The summed E-state index contributed by atoms with van der Waals surface area (Å²) >= 11 is 0. The normalized spacial score (nSPS) is 13.0. The van der Waals surface area contributed by atoms with E-state index in [-0.39, 0.29) is 0 Å². The summed E-state index contributed by atoms with van der Waals surface area (Å²) in [6.07, 6.45) is 2.54. The fraction of sp³-hybridized carbons (Fsp3) is 0.571. The van der Waals surface area contributed by atoms with Crippen molar-refractivity contribution in [3.63, 3.8) is 0 Å². The highest BCUT2D eigenvalue weighted by atomic mass is 15.1. The van der Waals surface area contributed by atoms with E-state index in [9.17, 15) is 0 Å². The van der Waals surface area contributed by atoms with Crippen molar-refractivity contribution in [2.45, 2.75) is 25.8 Å². The Bertz CT molecular complexity index is 271. The van der Waals surface area contributed by atoms with Gasteiger partial charge in [0.25, 0.3) is 0 Å². The SMILES string of the molecule is CCCCN(C)CC(NC)c1ccccc1. The first-order valence-electron chi connectivity index (χ1n) is 6.18. The minimum absolute atomic E-state index is 0.433. The molecule has 0 aliphatic heterocycles. The molecule has 0 saturated heterocycles. The zero-order valence-corrected chi connectivity index (χ0v) is 10.7. The molecular weight excluding hydrogens is 196 g/mol. The minimum atomic E-state index is 0.433. The number of hydrogen-bond acceptors (Lipinski definition) is 2. The van der Waals surface area contributed by atoms with Gasteiger partial charge in [-0.05, 0) is 32.6 Å². The van der Waals surface area contributed by atoms with Gasteiger partial charge < -0.3 is 10.2 Å². The molecule has 1 aromatic rings. The third-order valence-electron chi connectivity index (χ3n) is 2.94. The third kappa shape index (κ3) is 4.33. The highest BCUT2D eigenvalue weighted by Crippen LogP contribution is 2.13. The molecule has 0 aliphatic rings. The van der Waals surface area contributed by atoms with Crippen molar-refractivity contribution >= 4 is 0 Å². The zero-order valence-electron chi connectivity index (χ0n) is 10.7. The second kappa shape index (κ2) is 7.42. The summed E-state index contributed by atoms with van der Waals surface area (Å²) in [5.41, 5.74) is 1.37. The molecule has 1 rings (SSSR count). The van der Waals surface area contributed by atoms with Gasteiger partial charge in [0.1, 0.15) is 0 Å². The Morgan fingerprint density at radius 3 is 2.50 bits per heavy atom. The van der Waals surface area contributed by atoms with Crippen molar-refractivity contribution in [1.29, 1.82) is 0 Å². The Labute approximate surface area is 99.7 Å². The van der Waals surface area contributed by atoms with Crippen LogP contribution in [0.5, 0.6) is 0 Å². The van der Waals surface area contributed by atoms with Crippen LogP contribution in [0.15, 0.2) is 30.3 Å². The number of unbranched alkanes of at least 4 members (excludes halogenated alkanes) is 1. The molecule has 2 nitrogen and oxygen atoms in total. The standard InChI is InChI=1S/C14H24N2/c1-4-5-11-16(3)12-14(15-2)13-9-7-6-8-10-13/h6-10,14-15H,4-5,11-12H2,1-3H3. The predicted molar refractivity (Wildman–Crippen MR) is 70.6 cm³/mol. The van der Waals surface area contributed by atoms with Crippen LogP contribution in [0, 0.1) is 0 Å². The summed E-state index contributed by atoms with van der Waals surface area (Å²) in [6.45, 7) is 4.49. The Kier molecular flexibility index (Phi) is 6.12. The number of nitrogens with zero attached hydrogens (tertiary/aromatic N) is 1. The van der Waals surface area contributed by atoms with Crippen LogP contribution in [-0.4, -0.2) is 32.1 Å². The van der Waals surface area contributed by atoms with Crippen LogP contribution >= 0.6 is 0 Å². The van der Waals surface area contributed by atoms with Gasteiger partial charge in [-0.25, -0.2) is 0 Å². The lowest BCUT2D eigenvalue weighted by atomic mass is 10.1. The van der Waals surface area contributed by atoms with E-state index in [4.69, 9.17) is 0 Å². The fourth-order valence-electron chi connectivity index (χ4n) is 1.88. The molecule has 0 saturated carbocycles. The molecule has 0 heterocycles. The van der Waals surface area contributed by atoms with E-state index in [1.54, 1.807) is 0 Å². The number of rotatable bonds is 7. The molecule has 16 heavy (non-hydrogen) atoms. The molecule has 0 aliphatic carbocycles. The van der Waals surface area contributed by atoms with Crippen LogP contribution < -0.4 is 5.32 Å². The van der Waals surface area contributed by atoms with Crippen molar-refractivity contribution in [3.05, 3.63) is 35.9 Å². The maximum atomic E-state index is 3.38. The van der Waals surface area contributed by atoms with Gasteiger partial charge in [-0.3, -0.25) is 0 Å². The lowest BCUT2D eigenvalue weighted by Crippen LogP contribution is -2.31. The molecule has 0 amide bonds. The molecule has 0 fully saturated rings. The highest BCUT2D eigenvalue weighted by Gasteiger charge is 2.10. The van der Waals surface area contributed by atoms with Crippen LogP contribution in [0.2, 0.25) is 0 Å². The maximum absolute atomic E-state index is 3.38. The van der Waals surface area contributed by atoms with Crippen molar-refractivity contribution in [2.75, 3.05) is 27.2 Å². The average molecular weight is 220 g/mol. The summed E-state index contributed by atoms with van der Waals surface area (Å²) in [7, 11) is 4.23. The molecule has 0 radical (unpaired) electrons. The van der Waals surface area contributed by atoms with Gasteiger partial charge in [0.15, 0.2) is 0 Å². The second-order valence-corrected chi connectivity index (χ2v) is 4.37. The van der Waals surface area contributed by atoms with Crippen molar-refractivity contribution in [1.82, 2.24) is 10.2 Å². The number of hydrogen-bond donors (Lipinski definition) is 1. The molecule has 1 atom stereocenters. The monoisotopic (exact) mass is 220 g/mol. The molecular formula is C14H24N2. The van der Waals surface area contributed by atoms with Gasteiger partial charge >= 0.3 is 0 Å². The maximum Gasteiger partial charge on any atom is 0.0446 e. The van der Waals surface area contributed by atoms with Gasteiger partial charge in [-0.2, -0.15) is 0 Å². The van der Waals surface area contributed by atoms with Gasteiger partial charge in [-0.15, -0.1) is 0 Å². The van der Waals surface area contributed by atoms with E-state index in [1.807, 2.05) is 7.05 Å². The molecule has 1 aromatic carbocycles. The van der Waals surface area contributed by atoms with E-state index in [0.717, 1.165) is 6.54 Å². The van der Waals surface area contributed by atoms with Crippen molar-refractivity contribution < 1.29 is 0 Å². The van der Waals surface area contributed by atoms with Gasteiger partial charge in [0.2, 0.25) is 0 Å². The zero-order chi connectivity index (χ0) is 11.8. The van der Waals surface area contributed by atoms with E-state index in [0.29, 0.717) is 6.04 Å². The van der Waals surface area contributed by atoms with E-state index in [2.05, 4.69) is 54.5 Å². The smallest absolute Gasteiger partial charge is 0.0446 e. The Morgan fingerprint density at radius 1 is 1.25 bits per heavy atom. The quantitative estimate of drug-likeness (QED) is 0.760. The lowest BCUT2D eigenvalue weighted by Gasteiger charge is -2.24. The second-order valence-electron chi connectivity index (χ2n) is 4.37. The fourth-order valence-corrected chi connectivity index (χ4v) is 1.88. The van der Waals surface area contributed by atoms with Gasteiger partial charge in [0.05, 0.1) is 0 Å². The number of likely N-dealkylation sites (N-methyl/N-ethyl adjacent to an activating group) is 2. The van der Waals surface area contributed by atoms with Crippen molar-refractivity contribution in [3.8, 4) is 0 Å². The number of nitrogens with one attached hydrogen (secondary N) is 1. The summed E-state index contributed by atoms with van der Waals surface area (Å²) in [5, 5.41) is 3.38. The number of benzene rings is 1. The third-order valence-corrected chi connectivity index (χ3v) is 2.94. The molecule has 0 aromatic heterocycles. The van der Waals surface area contributed by atoms with Crippen LogP contribution in [-0.2, 0) is 0 Å². The average Bonchev–Trinajstić information content (AvgIpc) is 2.34. The summed E-state index contributed by atoms with van der Waals surface area (Å²) < 4.78 is 0. The molecule has 0 spiro atoms. The Morgan fingerprint density at radius 2 is 1.94 bits per heavy atom. The minimum Gasteiger partial charge on any atom is -0.312 e. The van der Waals surface area contributed by atoms with Gasteiger partial charge in [0, 0.05) is 12.6 Å². The lowest BCUT2D eigenvalue weighted by molar-refractivity contribution is 0.292. The summed E-state index contributed by atoms with van der Waals surface area (Å²) in [6, 6.07) is 11.1. The van der Waals surface area contributed by atoms with E-state index in [1.165, 1.54) is 24.9 Å². The summed E-state index contributed by atoms with van der Waals surface area (Å²) in [5.74, 6) is 0. The topological polar surface area (TPSA) is 15.3 Å². The first kappa shape index (κ1) is 13.2. The van der Waals surface area contributed by atoms with Crippen LogP contribution in [0.4, 0.5) is 0 Å². The Balaban J connectivity index is 2.49. The van der Waals surface area contributed by atoms with E-state index >= 15 is 0 Å². The highest BCUT2D eigenvalue weighted by molar-refractivity contribution is 5.19. The molecule has 1 unspecified atom stereocenters. The van der Waals surface area contributed by atoms with Crippen LogP contribution in [0.1, 0.15) is 31.4 Å². The predicted octanol–water partition coefficient (Wildman–Crippen LogP) is 2.68. The molecule has 90 valence electrons. The van der Waals surface area contributed by atoms with E-state index < -0.39 is 0 Å². The molecule has 1 N–H and O–H groups in total. The van der Waals surface area contributed by atoms with Crippen LogP contribution in [0.25, 0.3) is 0 Å². The molecule has 2 heteroatoms. The Hall–Kier alpha value is -0.860.